The van der Waals surface area contributed by atoms with Crippen LogP contribution in [0.15, 0.2) is 67.4 Å². The molecule has 0 bridgehead atoms. The largest absolute Gasteiger partial charge is 0.399 e. The zero-order valence-corrected chi connectivity index (χ0v) is 21.7. The predicted molar refractivity (Wildman–Crippen MR) is 150 cm³/mol. The number of anilines is 1. The molecule has 2 heterocycles. The zero-order valence-electron chi connectivity index (χ0n) is 21.7. The van der Waals surface area contributed by atoms with E-state index in [1.165, 1.54) is 12.1 Å². The van der Waals surface area contributed by atoms with E-state index in [9.17, 15) is 4.39 Å². The average Bonchev–Trinajstić information content (AvgIpc) is 3.25. The number of halogens is 1. The Labute approximate surface area is 213 Å². The van der Waals surface area contributed by atoms with Crippen molar-refractivity contribution in [2.75, 3.05) is 39.0 Å². The van der Waals surface area contributed by atoms with Gasteiger partial charge in [0, 0.05) is 60.0 Å². The van der Waals surface area contributed by atoms with Gasteiger partial charge < -0.3 is 26.3 Å². The summed E-state index contributed by atoms with van der Waals surface area (Å²) in [5, 5.41) is 0. The molecule has 36 heavy (non-hydrogen) atoms. The van der Waals surface area contributed by atoms with Crippen molar-refractivity contribution in [1.82, 2.24) is 19.8 Å². The quantitative estimate of drug-likeness (QED) is 0.356. The molecular weight excluding hydrogens is 451 g/mol. The maximum Gasteiger partial charge on any atom is 0.138 e. The van der Waals surface area contributed by atoms with E-state index < -0.39 is 5.82 Å². The first kappa shape index (κ1) is 26.8. The molecule has 2 aromatic rings. The Morgan fingerprint density at radius 1 is 1.17 bits per heavy atom. The molecule has 0 amide bonds. The van der Waals surface area contributed by atoms with Crippen LogP contribution in [-0.4, -0.2) is 53.0 Å². The summed E-state index contributed by atoms with van der Waals surface area (Å²) in [4.78, 5) is 13.0. The summed E-state index contributed by atoms with van der Waals surface area (Å²) in [5.41, 5.74) is 17.9. The highest BCUT2D eigenvalue weighted by molar-refractivity contribution is 5.86. The number of aryl methyl sites for hydroxylation is 1. The van der Waals surface area contributed by atoms with Gasteiger partial charge in [0.05, 0.1) is 5.70 Å². The number of rotatable bonds is 8. The van der Waals surface area contributed by atoms with Crippen molar-refractivity contribution in [3.05, 3.63) is 102 Å². The number of aromatic amines is 1. The summed E-state index contributed by atoms with van der Waals surface area (Å²) in [7, 11) is 2.14. The number of allylic oxidation sites excluding steroid dienone is 7. The van der Waals surface area contributed by atoms with Crippen LogP contribution >= 0.6 is 0 Å². The topological polar surface area (TPSA) is 87.2 Å². The van der Waals surface area contributed by atoms with Crippen molar-refractivity contribution < 1.29 is 4.39 Å². The molecule has 0 atom stereocenters. The summed E-state index contributed by atoms with van der Waals surface area (Å²) in [5.74, 6) is 0.156. The summed E-state index contributed by atoms with van der Waals surface area (Å²) in [6, 6.07) is 3.01. The number of nitrogen functional groups attached to an aromatic ring is 1. The van der Waals surface area contributed by atoms with Crippen molar-refractivity contribution in [1.29, 1.82) is 0 Å². The molecule has 1 aliphatic rings. The fourth-order valence-electron chi connectivity index (χ4n) is 4.18. The molecule has 6 nitrogen and oxygen atoms in total. The lowest BCUT2D eigenvalue weighted by molar-refractivity contribution is 0.207. The van der Waals surface area contributed by atoms with E-state index in [2.05, 4.69) is 41.1 Å². The third kappa shape index (κ3) is 5.86. The van der Waals surface area contributed by atoms with E-state index in [1.807, 2.05) is 32.9 Å². The van der Waals surface area contributed by atoms with Crippen LogP contribution in [-0.2, 0) is 0 Å². The number of imidazole rings is 1. The van der Waals surface area contributed by atoms with Crippen molar-refractivity contribution in [2.24, 2.45) is 5.73 Å². The number of benzene rings is 1. The van der Waals surface area contributed by atoms with Crippen molar-refractivity contribution in [3.8, 4) is 0 Å². The van der Waals surface area contributed by atoms with Crippen molar-refractivity contribution in [3.63, 3.8) is 0 Å². The first-order chi connectivity index (χ1) is 17.2. The van der Waals surface area contributed by atoms with E-state index in [-0.39, 0.29) is 5.69 Å². The van der Waals surface area contributed by atoms with Gasteiger partial charge in [0.2, 0.25) is 0 Å². The molecule has 0 saturated carbocycles. The second-order valence-corrected chi connectivity index (χ2v) is 8.92. The lowest BCUT2D eigenvalue weighted by Crippen LogP contribution is -2.43. The number of H-pyrrole nitrogens is 1. The second-order valence-electron chi connectivity index (χ2n) is 8.92. The molecule has 0 unspecified atom stereocenters. The molecule has 1 fully saturated rings. The molecule has 1 aromatic carbocycles. The zero-order chi connectivity index (χ0) is 26.4. The SMILES string of the molecule is C=C/C(N)=C\C(=C/C)c1cc(C(=C)c2nc(/C(=C\C=C/C)N3CCN(C)CC3)c(C)[nH]2)c(N)cc1F. The molecule has 3 rings (SSSR count). The molecule has 5 N–H and O–H groups in total. The Bertz CT molecular complexity index is 1250. The first-order valence-corrected chi connectivity index (χ1v) is 12.1. The molecule has 0 radical (unpaired) electrons. The van der Waals surface area contributed by atoms with Crippen molar-refractivity contribution >= 4 is 22.5 Å². The van der Waals surface area contributed by atoms with E-state index >= 15 is 0 Å². The van der Waals surface area contributed by atoms with Gasteiger partial charge >= 0.3 is 0 Å². The number of aromatic nitrogens is 2. The van der Waals surface area contributed by atoms with Gasteiger partial charge in [-0.15, -0.1) is 0 Å². The van der Waals surface area contributed by atoms with E-state index in [4.69, 9.17) is 16.5 Å². The third-order valence-electron chi connectivity index (χ3n) is 6.35. The van der Waals surface area contributed by atoms with Gasteiger partial charge in [0.15, 0.2) is 0 Å². The van der Waals surface area contributed by atoms with Crippen molar-refractivity contribution in [2.45, 2.75) is 20.8 Å². The lowest BCUT2D eigenvalue weighted by atomic mass is 9.96. The van der Waals surface area contributed by atoms with Gasteiger partial charge in [0.1, 0.15) is 17.3 Å². The van der Waals surface area contributed by atoms with Gasteiger partial charge in [-0.1, -0.05) is 31.4 Å². The molecule has 190 valence electrons. The van der Waals surface area contributed by atoms with Crippen LogP contribution < -0.4 is 11.5 Å². The van der Waals surface area contributed by atoms with Gasteiger partial charge in [-0.2, -0.15) is 0 Å². The van der Waals surface area contributed by atoms with E-state index in [0.717, 1.165) is 43.3 Å². The standard InChI is InChI=1S/C29H37FN6/c1-7-10-11-27(36-14-12-35(6)13-15-36)28-20(5)33-29(34-28)19(4)23-17-24(25(30)18-26(23)32)21(8-2)16-22(31)9-3/h7-11,16-18H,3-4,12-15,31-32H2,1-2,5-6H3,(H,33,34)/b10-7-,21-8+,22-16+,27-11+. The van der Waals surface area contributed by atoms with Gasteiger partial charge in [0.25, 0.3) is 0 Å². The monoisotopic (exact) mass is 488 g/mol. The Morgan fingerprint density at radius 3 is 2.47 bits per heavy atom. The molecule has 0 spiro atoms. The fourth-order valence-corrected chi connectivity index (χ4v) is 4.18. The van der Waals surface area contributed by atoms with E-state index in [1.54, 1.807) is 18.2 Å². The maximum absolute atomic E-state index is 14.9. The highest BCUT2D eigenvalue weighted by Gasteiger charge is 2.23. The normalized spacial score (nSPS) is 16.1. The Balaban J connectivity index is 2.03. The first-order valence-electron chi connectivity index (χ1n) is 12.1. The second kappa shape index (κ2) is 11.7. The minimum atomic E-state index is -0.437. The van der Waals surface area contributed by atoms with Gasteiger partial charge in [-0.3, -0.25) is 0 Å². The highest BCUT2D eigenvalue weighted by Crippen LogP contribution is 2.33. The number of likely N-dealkylation sites (N-methyl/N-ethyl adjacent to an activating group) is 1. The van der Waals surface area contributed by atoms with E-state index in [0.29, 0.717) is 33.8 Å². The molecule has 1 aromatic heterocycles. The summed E-state index contributed by atoms with van der Waals surface area (Å²) < 4.78 is 14.9. The van der Waals surface area contributed by atoms with Crippen LogP contribution in [0.25, 0.3) is 16.8 Å². The number of nitrogens with zero attached hydrogens (tertiary/aromatic N) is 3. The molecule has 0 aliphatic carbocycles. The average molecular weight is 489 g/mol. The number of piperazine rings is 1. The Hall–Kier alpha value is -3.84. The van der Waals surface area contributed by atoms with Crippen LogP contribution in [0.4, 0.5) is 10.1 Å². The summed E-state index contributed by atoms with van der Waals surface area (Å²) in [6.07, 6.45) is 11.1. The minimum absolute atomic E-state index is 0.289. The highest BCUT2D eigenvalue weighted by atomic mass is 19.1. The summed E-state index contributed by atoms with van der Waals surface area (Å²) >= 11 is 0. The van der Waals surface area contributed by atoms with Crippen LogP contribution in [0.2, 0.25) is 0 Å². The smallest absolute Gasteiger partial charge is 0.138 e. The maximum atomic E-state index is 14.9. The minimum Gasteiger partial charge on any atom is -0.399 e. The number of hydrogen-bond donors (Lipinski definition) is 3. The Kier molecular flexibility index (Phi) is 8.72. The third-order valence-corrected chi connectivity index (χ3v) is 6.35. The molecule has 1 saturated heterocycles. The van der Waals surface area contributed by atoms with Gasteiger partial charge in [-0.05, 0) is 63.8 Å². The Morgan fingerprint density at radius 2 is 1.86 bits per heavy atom. The van der Waals surface area contributed by atoms with Crippen LogP contribution in [0, 0.1) is 12.7 Å². The molecular formula is C29H37FN6. The number of hydrogen-bond acceptors (Lipinski definition) is 5. The predicted octanol–water partition coefficient (Wildman–Crippen LogP) is 5.10. The lowest BCUT2D eigenvalue weighted by Gasteiger charge is -2.35. The molecule has 7 heteroatoms. The molecule has 1 aliphatic heterocycles. The van der Waals surface area contributed by atoms with Gasteiger partial charge in [-0.25, -0.2) is 9.37 Å². The summed E-state index contributed by atoms with van der Waals surface area (Å²) in [6.45, 7) is 17.6. The number of nitrogens with one attached hydrogen (secondary N) is 1. The van der Waals surface area contributed by atoms with Crippen LogP contribution in [0.3, 0.4) is 0 Å². The van der Waals surface area contributed by atoms with Crippen LogP contribution in [0.1, 0.15) is 42.2 Å². The van der Waals surface area contributed by atoms with Crippen LogP contribution in [0.5, 0.6) is 0 Å². The fraction of sp³-hybridized carbons (Fsp3) is 0.276. The number of nitrogens with two attached hydrogens (primary N) is 2.